The lowest BCUT2D eigenvalue weighted by Crippen LogP contribution is -2.34. The Labute approximate surface area is 99.4 Å². The van der Waals surface area contributed by atoms with Crippen molar-refractivity contribution in [1.82, 2.24) is 9.99 Å². The minimum absolute atomic E-state index is 0.348. The van der Waals surface area contributed by atoms with Crippen LogP contribution in [-0.4, -0.2) is 23.1 Å². The Bertz CT molecular complexity index is 337. The van der Waals surface area contributed by atoms with Crippen molar-refractivity contribution in [3.63, 3.8) is 0 Å². The van der Waals surface area contributed by atoms with E-state index in [2.05, 4.69) is 15.4 Å². The van der Waals surface area contributed by atoms with Crippen LogP contribution in [0.5, 0.6) is 0 Å². The molecule has 2 rings (SSSR count). The zero-order valence-electron chi connectivity index (χ0n) is 8.34. The second kappa shape index (κ2) is 5.01. The summed E-state index contributed by atoms with van der Waals surface area (Å²) in [6.07, 6.45) is 5.49. The van der Waals surface area contributed by atoms with E-state index in [9.17, 15) is 0 Å². The van der Waals surface area contributed by atoms with Crippen LogP contribution in [0.4, 0.5) is 5.69 Å². The number of rotatable bonds is 2. The van der Waals surface area contributed by atoms with Crippen LogP contribution < -0.4 is 5.43 Å². The molecule has 5 heteroatoms. The quantitative estimate of drug-likeness (QED) is 0.812. The molecule has 0 aliphatic carbocycles. The number of hydrogen-bond acceptors (Lipinski definition) is 3. The molecule has 1 N–H and O–H groups in total. The molecular formula is C10H13Cl2N3. The van der Waals surface area contributed by atoms with E-state index in [0.29, 0.717) is 10.2 Å². The van der Waals surface area contributed by atoms with Gasteiger partial charge in [-0.2, -0.15) is 0 Å². The maximum Gasteiger partial charge on any atom is 0.147 e. The smallest absolute Gasteiger partial charge is 0.147 e. The average Bonchev–Trinajstić information content (AvgIpc) is 2.25. The fourth-order valence-electron chi connectivity index (χ4n) is 1.67. The zero-order valence-corrected chi connectivity index (χ0v) is 9.85. The number of nitrogens with one attached hydrogen (secondary N) is 1. The van der Waals surface area contributed by atoms with Crippen LogP contribution in [0, 0.1) is 0 Å². The van der Waals surface area contributed by atoms with Gasteiger partial charge in [0.05, 0.1) is 16.9 Å². The summed E-state index contributed by atoms with van der Waals surface area (Å²) >= 11 is 11.6. The monoisotopic (exact) mass is 245 g/mol. The highest BCUT2D eigenvalue weighted by molar-refractivity contribution is 6.41. The summed E-state index contributed by atoms with van der Waals surface area (Å²) in [4.78, 5) is 3.99. The van der Waals surface area contributed by atoms with Crippen molar-refractivity contribution >= 4 is 28.9 Å². The predicted molar refractivity (Wildman–Crippen MR) is 63.3 cm³/mol. The number of nitrogens with zero attached hydrogens (tertiary/aromatic N) is 2. The molecule has 0 saturated carbocycles. The molecule has 0 bridgehead atoms. The highest BCUT2D eigenvalue weighted by Crippen LogP contribution is 2.23. The molecule has 1 fully saturated rings. The van der Waals surface area contributed by atoms with Gasteiger partial charge in [0.1, 0.15) is 5.15 Å². The summed E-state index contributed by atoms with van der Waals surface area (Å²) in [5.41, 5.74) is 4.17. The van der Waals surface area contributed by atoms with Crippen molar-refractivity contribution in [2.45, 2.75) is 19.3 Å². The van der Waals surface area contributed by atoms with E-state index in [1.165, 1.54) is 19.3 Å². The lowest BCUT2D eigenvalue weighted by molar-refractivity contribution is 0.273. The van der Waals surface area contributed by atoms with Crippen LogP contribution in [0.2, 0.25) is 10.2 Å². The number of hydrogen-bond donors (Lipinski definition) is 1. The van der Waals surface area contributed by atoms with E-state index in [1.54, 1.807) is 12.3 Å². The van der Waals surface area contributed by atoms with Crippen molar-refractivity contribution < 1.29 is 0 Å². The highest BCUT2D eigenvalue weighted by Gasteiger charge is 2.10. The van der Waals surface area contributed by atoms with Gasteiger partial charge in [-0.15, -0.1) is 0 Å². The summed E-state index contributed by atoms with van der Waals surface area (Å²) in [7, 11) is 0. The molecule has 0 amide bonds. The second-order valence-corrected chi connectivity index (χ2v) is 4.42. The summed E-state index contributed by atoms with van der Waals surface area (Å²) < 4.78 is 0. The Kier molecular flexibility index (Phi) is 3.67. The number of aromatic nitrogens is 1. The molecule has 82 valence electrons. The molecule has 0 atom stereocenters. The molecule has 0 unspecified atom stereocenters. The fraction of sp³-hybridized carbons (Fsp3) is 0.500. The van der Waals surface area contributed by atoms with Gasteiger partial charge in [0.2, 0.25) is 0 Å². The molecule has 0 radical (unpaired) electrons. The topological polar surface area (TPSA) is 28.2 Å². The lowest BCUT2D eigenvalue weighted by atomic mass is 10.2. The third kappa shape index (κ3) is 2.97. The van der Waals surface area contributed by atoms with Gasteiger partial charge in [-0.3, -0.25) is 0 Å². The van der Waals surface area contributed by atoms with E-state index in [1.807, 2.05) is 0 Å². The van der Waals surface area contributed by atoms with Crippen LogP contribution in [0.15, 0.2) is 12.3 Å². The Morgan fingerprint density at radius 3 is 2.60 bits per heavy atom. The van der Waals surface area contributed by atoms with Gasteiger partial charge in [0.25, 0.3) is 0 Å². The van der Waals surface area contributed by atoms with Gasteiger partial charge < -0.3 is 5.43 Å². The molecule has 0 aromatic carbocycles. The minimum atomic E-state index is 0.348. The molecule has 1 aliphatic heterocycles. The van der Waals surface area contributed by atoms with Gasteiger partial charge in [0.15, 0.2) is 0 Å². The van der Waals surface area contributed by atoms with Gasteiger partial charge in [-0.25, -0.2) is 9.99 Å². The number of anilines is 1. The maximum absolute atomic E-state index is 5.88. The summed E-state index contributed by atoms with van der Waals surface area (Å²) in [5.74, 6) is 0. The SMILES string of the molecule is Clc1cc(NN2CCCCC2)cnc1Cl. The van der Waals surface area contributed by atoms with E-state index >= 15 is 0 Å². The molecule has 1 aromatic heterocycles. The highest BCUT2D eigenvalue weighted by atomic mass is 35.5. The molecule has 2 heterocycles. The molecule has 3 nitrogen and oxygen atoms in total. The molecular weight excluding hydrogens is 233 g/mol. The molecule has 15 heavy (non-hydrogen) atoms. The molecule has 1 aromatic rings. The van der Waals surface area contributed by atoms with Crippen LogP contribution in [0.25, 0.3) is 0 Å². The van der Waals surface area contributed by atoms with E-state index in [0.717, 1.165) is 18.8 Å². The second-order valence-electron chi connectivity index (χ2n) is 3.66. The maximum atomic E-state index is 5.88. The Morgan fingerprint density at radius 2 is 1.93 bits per heavy atom. The normalized spacial score (nSPS) is 17.7. The van der Waals surface area contributed by atoms with E-state index in [-0.39, 0.29) is 0 Å². The first-order chi connectivity index (χ1) is 7.25. The number of halogens is 2. The van der Waals surface area contributed by atoms with Crippen molar-refractivity contribution in [3.05, 3.63) is 22.4 Å². The van der Waals surface area contributed by atoms with E-state index in [4.69, 9.17) is 23.2 Å². The van der Waals surface area contributed by atoms with Crippen molar-refractivity contribution in [2.24, 2.45) is 0 Å². The van der Waals surface area contributed by atoms with E-state index < -0.39 is 0 Å². The zero-order chi connectivity index (χ0) is 10.7. The molecule has 0 spiro atoms. The first kappa shape index (κ1) is 11.0. The van der Waals surface area contributed by atoms with Crippen LogP contribution in [-0.2, 0) is 0 Å². The standard InChI is InChI=1S/C10H13Cl2N3/c11-9-6-8(7-13-10(9)12)14-15-4-2-1-3-5-15/h6-7,14H,1-5H2. The fourth-order valence-corrected chi connectivity index (χ4v) is 1.94. The van der Waals surface area contributed by atoms with Crippen LogP contribution >= 0.6 is 23.2 Å². The Morgan fingerprint density at radius 1 is 1.20 bits per heavy atom. The summed E-state index contributed by atoms with van der Waals surface area (Å²) in [5, 5.41) is 3.02. The average molecular weight is 246 g/mol. The number of pyridine rings is 1. The minimum Gasteiger partial charge on any atom is -0.317 e. The Hall–Kier alpha value is -0.510. The van der Waals surface area contributed by atoms with Crippen molar-refractivity contribution in [1.29, 1.82) is 0 Å². The van der Waals surface area contributed by atoms with Crippen molar-refractivity contribution in [2.75, 3.05) is 18.5 Å². The first-order valence-corrected chi connectivity index (χ1v) is 5.84. The van der Waals surface area contributed by atoms with Crippen LogP contribution in [0.3, 0.4) is 0 Å². The molecule has 1 aliphatic rings. The summed E-state index contributed by atoms with van der Waals surface area (Å²) in [6.45, 7) is 2.14. The number of piperidine rings is 1. The Balaban J connectivity index is 2.00. The number of hydrazine groups is 1. The third-order valence-electron chi connectivity index (χ3n) is 2.44. The van der Waals surface area contributed by atoms with Gasteiger partial charge in [-0.1, -0.05) is 29.6 Å². The largest absolute Gasteiger partial charge is 0.317 e. The summed E-state index contributed by atoms with van der Waals surface area (Å²) in [6, 6.07) is 1.80. The third-order valence-corrected chi connectivity index (χ3v) is 3.13. The van der Waals surface area contributed by atoms with Gasteiger partial charge >= 0.3 is 0 Å². The van der Waals surface area contributed by atoms with Crippen LogP contribution in [0.1, 0.15) is 19.3 Å². The lowest BCUT2D eigenvalue weighted by Gasteiger charge is -2.27. The predicted octanol–water partition coefficient (Wildman–Crippen LogP) is 3.20. The van der Waals surface area contributed by atoms with Crippen molar-refractivity contribution in [3.8, 4) is 0 Å². The molecule has 1 saturated heterocycles. The first-order valence-electron chi connectivity index (χ1n) is 5.08. The van der Waals surface area contributed by atoms with Gasteiger partial charge in [0, 0.05) is 13.1 Å². The van der Waals surface area contributed by atoms with Gasteiger partial charge in [-0.05, 0) is 18.9 Å².